The number of nitrogens with one attached hydrogen (secondary N) is 2. The van der Waals surface area contributed by atoms with Crippen molar-refractivity contribution < 1.29 is 22.0 Å². The van der Waals surface area contributed by atoms with Gasteiger partial charge in [0.05, 0.1) is 22.0 Å². The summed E-state index contributed by atoms with van der Waals surface area (Å²) in [6.07, 6.45) is 3.36. The van der Waals surface area contributed by atoms with Crippen LogP contribution in [0.2, 0.25) is 5.02 Å². The van der Waals surface area contributed by atoms with Gasteiger partial charge >= 0.3 is 0 Å². The summed E-state index contributed by atoms with van der Waals surface area (Å²) in [6, 6.07) is 11.9. The third-order valence-electron chi connectivity index (χ3n) is 9.13. The molecule has 2 aromatic rings. The largest absolute Gasteiger partial charge is 0.366 e. The first-order valence-electron chi connectivity index (χ1n) is 13.6. The summed E-state index contributed by atoms with van der Waals surface area (Å²) >= 11 is 5.87. The minimum Gasteiger partial charge on any atom is -0.366 e. The van der Waals surface area contributed by atoms with E-state index in [2.05, 4.69) is 10.6 Å². The zero-order valence-electron chi connectivity index (χ0n) is 22.5. The molecule has 4 saturated carbocycles. The highest BCUT2D eigenvalue weighted by Crippen LogP contribution is 2.71. The molecule has 5 aliphatic rings. The summed E-state index contributed by atoms with van der Waals surface area (Å²) in [7, 11) is -3.90. The molecule has 11 heteroatoms. The number of amidine groups is 1. The molecule has 214 valence electrons. The van der Waals surface area contributed by atoms with Crippen LogP contribution in [0.15, 0.2) is 58.4 Å². The molecule has 4 aliphatic carbocycles. The van der Waals surface area contributed by atoms with Crippen molar-refractivity contribution in [3.8, 4) is 0 Å². The molecule has 0 radical (unpaired) electrons. The Hall–Kier alpha value is -2.56. The van der Waals surface area contributed by atoms with Gasteiger partial charge in [0.15, 0.2) is 6.04 Å². The van der Waals surface area contributed by atoms with Crippen LogP contribution in [0.3, 0.4) is 0 Å². The van der Waals surface area contributed by atoms with Gasteiger partial charge in [0.25, 0.3) is 0 Å². The number of carbonyl (C=O) groups excluding carboxylic acids is 1. The first-order valence-corrected chi connectivity index (χ1v) is 15.4. The highest BCUT2D eigenvalue weighted by molar-refractivity contribution is 7.89. The van der Waals surface area contributed by atoms with Crippen LogP contribution in [0.25, 0.3) is 0 Å². The van der Waals surface area contributed by atoms with Crippen molar-refractivity contribution in [2.75, 3.05) is 6.54 Å². The number of alkyl halides is 1. The Morgan fingerprint density at radius 3 is 2.42 bits per heavy atom. The molecule has 0 aromatic heterocycles. The molecule has 2 N–H and O–H groups in total. The number of aliphatic imine (C=N–C) groups is 1. The highest BCUT2D eigenvalue weighted by Gasteiger charge is 2.75. The Morgan fingerprint density at radius 2 is 1.82 bits per heavy atom. The molecular weight excluding hydrogens is 558 g/mol. The predicted molar refractivity (Wildman–Crippen MR) is 149 cm³/mol. The number of hydrogen-bond donors (Lipinski definition) is 2. The maximum atomic E-state index is 14.5. The van der Waals surface area contributed by atoms with Crippen LogP contribution in [0.4, 0.5) is 8.78 Å². The van der Waals surface area contributed by atoms with Crippen molar-refractivity contribution in [3.05, 3.63) is 64.9 Å². The van der Waals surface area contributed by atoms with Crippen LogP contribution in [0.1, 0.15) is 57.9 Å². The number of hydrogen-bond acceptors (Lipinski definition) is 5. The van der Waals surface area contributed by atoms with E-state index in [1.54, 1.807) is 36.4 Å². The molecule has 1 aliphatic heterocycles. The van der Waals surface area contributed by atoms with Gasteiger partial charge in [-0.2, -0.15) is 4.31 Å². The first-order chi connectivity index (χ1) is 18.8. The summed E-state index contributed by atoms with van der Waals surface area (Å²) in [5, 5.41) is 6.15. The summed E-state index contributed by atoms with van der Waals surface area (Å²) in [4.78, 5) is 17.9. The molecule has 2 bridgehead atoms. The molecule has 1 amide bonds. The van der Waals surface area contributed by atoms with Gasteiger partial charge in [-0.3, -0.25) is 9.79 Å². The van der Waals surface area contributed by atoms with Gasteiger partial charge in [-0.25, -0.2) is 17.2 Å². The molecule has 1 atom stereocenters. The molecule has 7 rings (SSSR count). The normalized spacial score (nSPS) is 29.4. The Labute approximate surface area is 238 Å². The lowest BCUT2D eigenvalue weighted by Crippen LogP contribution is -2.78. The van der Waals surface area contributed by atoms with Crippen molar-refractivity contribution in [3.63, 3.8) is 0 Å². The Morgan fingerprint density at radius 1 is 1.15 bits per heavy atom. The minimum absolute atomic E-state index is 0.00278. The standard InChI is InChI=1S/C29H33ClF2N4O3S/c1-26(2)23(24(37)33-18-28(32)11-6-12-28)34-25(35-26)27-15-29(16-27,17-27)36(14-19-9-10-21(30)22(31)13-19)40(38,39)20-7-4-3-5-8-20/h3-5,7-10,13,23H,6,11-12,14-18H2,1-2H3,(H,33,37)(H,34,35)/t23-,27?,29?/m0/s1. The molecule has 7 nitrogen and oxygen atoms in total. The lowest BCUT2D eigenvalue weighted by atomic mass is 9.38. The van der Waals surface area contributed by atoms with E-state index in [4.69, 9.17) is 16.6 Å². The smallest absolute Gasteiger partial charge is 0.247 e. The van der Waals surface area contributed by atoms with E-state index in [0.717, 1.165) is 6.42 Å². The topological polar surface area (TPSA) is 90.9 Å². The van der Waals surface area contributed by atoms with E-state index in [1.807, 2.05) is 13.8 Å². The Kier molecular flexibility index (Phi) is 6.37. The van der Waals surface area contributed by atoms with Crippen LogP contribution in [0, 0.1) is 11.2 Å². The summed E-state index contributed by atoms with van der Waals surface area (Å²) in [5.41, 5.74) is -2.49. The minimum atomic E-state index is -3.90. The molecule has 2 aromatic carbocycles. The molecule has 4 fully saturated rings. The number of sulfonamides is 1. The van der Waals surface area contributed by atoms with Crippen molar-refractivity contribution in [1.29, 1.82) is 0 Å². The van der Waals surface area contributed by atoms with Crippen LogP contribution in [-0.2, 0) is 21.4 Å². The third-order valence-corrected chi connectivity index (χ3v) is 11.4. The lowest BCUT2D eigenvalue weighted by Gasteiger charge is -2.73. The monoisotopic (exact) mass is 590 g/mol. The van der Waals surface area contributed by atoms with Gasteiger partial charge in [-0.1, -0.05) is 35.9 Å². The third kappa shape index (κ3) is 4.43. The second-order valence-electron chi connectivity index (χ2n) is 12.6. The highest BCUT2D eigenvalue weighted by atomic mass is 35.5. The quantitative estimate of drug-likeness (QED) is 0.441. The van der Waals surface area contributed by atoms with Crippen LogP contribution in [0.5, 0.6) is 0 Å². The molecule has 0 unspecified atom stereocenters. The average molecular weight is 591 g/mol. The van der Waals surface area contributed by atoms with E-state index in [9.17, 15) is 22.0 Å². The maximum absolute atomic E-state index is 14.5. The maximum Gasteiger partial charge on any atom is 0.247 e. The summed E-state index contributed by atoms with van der Waals surface area (Å²) in [5.74, 6) is -0.208. The van der Waals surface area contributed by atoms with Crippen molar-refractivity contribution in [1.82, 2.24) is 14.9 Å². The molecule has 0 spiro atoms. The second-order valence-corrected chi connectivity index (χ2v) is 14.8. The fraction of sp³-hybridized carbons (Fsp3) is 0.517. The zero-order valence-corrected chi connectivity index (χ0v) is 24.1. The van der Waals surface area contributed by atoms with E-state index in [1.165, 1.54) is 16.4 Å². The van der Waals surface area contributed by atoms with Crippen molar-refractivity contribution in [2.24, 2.45) is 10.4 Å². The van der Waals surface area contributed by atoms with Gasteiger partial charge in [-0.15, -0.1) is 0 Å². The van der Waals surface area contributed by atoms with Gasteiger partial charge < -0.3 is 10.6 Å². The zero-order chi connectivity index (χ0) is 28.6. The molecular formula is C29H33ClF2N4O3S. The van der Waals surface area contributed by atoms with Gasteiger partial charge in [-0.05, 0) is 82.2 Å². The molecule has 0 saturated heterocycles. The Balaban J connectivity index is 1.23. The number of carbonyl (C=O) groups is 1. The van der Waals surface area contributed by atoms with E-state index < -0.39 is 38.6 Å². The SMILES string of the molecule is CC1(C)NC(C23CC(N(Cc4ccc(Cl)c(F)c4)S(=O)(=O)c4ccccc4)(C2)C3)=N[C@H]1C(=O)NCC1(F)CCC1. The van der Waals surface area contributed by atoms with Crippen molar-refractivity contribution in [2.45, 2.75) is 86.6 Å². The fourth-order valence-electron chi connectivity index (χ4n) is 6.71. The second kappa shape index (κ2) is 9.22. The van der Waals surface area contributed by atoms with E-state index in [-0.39, 0.29) is 34.3 Å². The van der Waals surface area contributed by atoms with E-state index in [0.29, 0.717) is 43.5 Å². The molecule has 40 heavy (non-hydrogen) atoms. The van der Waals surface area contributed by atoms with Gasteiger partial charge in [0, 0.05) is 17.5 Å². The van der Waals surface area contributed by atoms with E-state index >= 15 is 0 Å². The fourth-order valence-corrected chi connectivity index (χ4v) is 8.61. The van der Waals surface area contributed by atoms with Crippen LogP contribution in [-0.4, -0.2) is 53.8 Å². The van der Waals surface area contributed by atoms with Gasteiger partial charge in [0.1, 0.15) is 17.3 Å². The number of halogens is 3. The number of rotatable bonds is 9. The number of benzene rings is 2. The number of nitrogens with zero attached hydrogens (tertiary/aromatic N) is 2. The predicted octanol–water partition coefficient (Wildman–Crippen LogP) is 4.75. The van der Waals surface area contributed by atoms with Crippen LogP contribution >= 0.6 is 11.6 Å². The molecule has 1 heterocycles. The average Bonchev–Trinajstić information content (AvgIpc) is 3.16. The Bertz CT molecular complexity index is 1470. The first kappa shape index (κ1) is 27.6. The lowest BCUT2D eigenvalue weighted by molar-refractivity contribution is -0.151. The van der Waals surface area contributed by atoms with Crippen molar-refractivity contribution >= 4 is 33.4 Å². The summed E-state index contributed by atoms with van der Waals surface area (Å²) in [6.45, 7) is 3.79. The van der Waals surface area contributed by atoms with Gasteiger partial charge in [0.2, 0.25) is 15.9 Å². The van der Waals surface area contributed by atoms with Crippen LogP contribution < -0.4 is 10.6 Å². The summed E-state index contributed by atoms with van der Waals surface area (Å²) < 4.78 is 58.0. The number of amides is 1.